The van der Waals surface area contributed by atoms with Crippen molar-refractivity contribution in [2.75, 3.05) is 5.32 Å². The Labute approximate surface area is 101 Å². The van der Waals surface area contributed by atoms with Gasteiger partial charge in [-0.05, 0) is 42.8 Å². The number of hydrogen-bond acceptors (Lipinski definition) is 3. The van der Waals surface area contributed by atoms with Gasteiger partial charge in [-0.3, -0.25) is 4.98 Å². The molecule has 0 bridgehead atoms. The van der Waals surface area contributed by atoms with E-state index in [0.717, 1.165) is 16.9 Å². The molecule has 0 aliphatic rings. The van der Waals surface area contributed by atoms with Gasteiger partial charge in [-0.15, -0.1) is 0 Å². The zero-order valence-corrected chi connectivity index (χ0v) is 9.64. The second-order valence-corrected chi connectivity index (χ2v) is 3.87. The lowest BCUT2D eigenvalue weighted by Crippen LogP contribution is -2.01. The fraction of sp³-hybridized carbons (Fsp3) is 0.143. The van der Waals surface area contributed by atoms with Gasteiger partial charge >= 0.3 is 0 Å². The smallest absolute Gasteiger partial charge is 0.0991 e. The summed E-state index contributed by atoms with van der Waals surface area (Å²) >= 11 is 0. The van der Waals surface area contributed by atoms with E-state index in [9.17, 15) is 0 Å². The second-order valence-electron chi connectivity index (χ2n) is 3.87. The van der Waals surface area contributed by atoms with E-state index >= 15 is 0 Å². The molecule has 2 aromatic rings. The molecule has 0 saturated heterocycles. The molecule has 84 valence electrons. The van der Waals surface area contributed by atoms with Crippen LogP contribution in [0, 0.1) is 18.3 Å². The summed E-state index contributed by atoms with van der Waals surface area (Å²) in [6.07, 6.45) is 1.86. The molecule has 1 heterocycles. The summed E-state index contributed by atoms with van der Waals surface area (Å²) in [7, 11) is 0. The minimum atomic E-state index is 0.670. The second kappa shape index (κ2) is 5.13. The predicted octanol–water partition coefficient (Wildman–Crippen LogP) is 2.87. The van der Waals surface area contributed by atoms with E-state index in [1.807, 2.05) is 37.4 Å². The van der Waals surface area contributed by atoms with Crippen LogP contribution in [0.3, 0.4) is 0 Å². The molecule has 0 aliphatic carbocycles. The van der Waals surface area contributed by atoms with Gasteiger partial charge in [0.1, 0.15) is 0 Å². The number of nitrogens with zero attached hydrogens (tertiary/aromatic N) is 2. The van der Waals surface area contributed by atoms with Crippen molar-refractivity contribution in [1.29, 1.82) is 5.26 Å². The van der Waals surface area contributed by atoms with Crippen molar-refractivity contribution in [2.45, 2.75) is 13.5 Å². The minimum absolute atomic E-state index is 0.670. The van der Waals surface area contributed by atoms with Crippen LogP contribution >= 0.6 is 0 Å². The maximum Gasteiger partial charge on any atom is 0.0991 e. The quantitative estimate of drug-likeness (QED) is 0.870. The van der Waals surface area contributed by atoms with E-state index < -0.39 is 0 Å². The van der Waals surface area contributed by atoms with Crippen LogP contribution in [-0.4, -0.2) is 4.98 Å². The van der Waals surface area contributed by atoms with Crippen molar-refractivity contribution in [1.82, 2.24) is 4.98 Å². The summed E-state index contributed by atoms with van der Waals surface area (Å²) in [5.74, 6) is 0. The first-order valence-electron chi connectivity index (χ1n) is 5.43. The molecule has 3 heteroatoms. The fourth-order valence-electron chi connectivity index (χ4n) is 1.46. The van der Waals surface area contributed by atoms with Crippen LogP contribution in [0.2, 0.25) is 0 Å². The standard InChI is InChI=1S/C14H13N3/c1-11-2-5-14(16-9-11)10-17-13-6-3-12(8-15)4-7-13/h2-7,9,17H,10H2,1H3. The third kappa shape index (κ3) is 3.05. The third-order valence-corrected chi connectivity index (χ3v) is 2.46. The zero-order chi connectivity index (χ0) is 12.1. The first-order valence-corrected chi connectivity index (χ1v) is 5.43. The molecule has 0 atom stereocenters. The van der Waals surface area contributed by atoms with Gasteiger partial charge in [-0.25, -0.2) is 0 Å². The van der Waals surface area contributed by atoms with Gasteiger partial charge in [0.2, 0.25) is 0 Å². The molecule has 1 aromatic heterocycles. The lowest BCUT2D eigenvalue weighted by Gasteiger charge is -2.05. The molecule has 0 aliphatic heterocycles. The Balaban J connectivity index is 1.98. The van der Waals surface area contributed by atoms with Crippen LogP contribution in [0.1, 0.15) is 16.8 Å². The lowest BCUT2D eigenvalue weighted by atomic mass is 10.2. The van der Waals surface area contributed by atoms with E-state index in [4.69, 9.17) is 5.26 Å². The van der Waals surface area contributed by atoms with Crippen LogP contribution in [-0.2, 0) is 6.54 Å². The van der Waals surface area contributed by atoms with Crippen LogP contribution in [0.4, 0.5) is 5.69 Å². The molecular weight excluding hydrogens is 210 g/mol. The van der Waals surface area contributed by atoms with Crippen LogP contribution in [0.5, 0.6) is 0 Å². The third-order valence-electron chi connectivity index (χ3n) is 2.46. The van der Waals surface area contributed by atoms with Gasteiger partial charge in [-0.1, -0.05) is 6.07 Å². The maximum atomic E-state index is 8.68. The van der Waals surface area contributed by atoms with Crippen LogP contribution < -0.4 is 5.32 Å². The van der Waals surface area contributed by atoms with Crippen LogP contribution in [0.25, 0.3) is 0 Å². The van der Waals surface area contributed by atoms with Gasteiger partial charge in [0.05, 0.1) is 23.9 Å². The van der Waals surface area contributed by atoms with E-state index in [1.54, 1.807) is 12.1 Å². The maximum absolute atomic E-state index is 8.68. The monoisotopic (exact) mass is 223 g/mol. The summed E-state index contributed by atoms with van der Waals surface area (Å²) in [5, 5.41) is 11.9. The average Bonchev–Trinajstić information content (AvgIpc) is 2.39. The van der Waals surface area contributed by atoms with Gasteiger partial charge in [0, 0.05) is 11.9 Å². The summed E-state index contributed by atoms with van der Waals surface area (Å²) < 4.78 is 0. The van der Waals surface area contributed by atoms with Crippen molar-refractivity contribution in [3.05, 3.63) is 59.4 Å². The number of anilines is 1. The number of aromatic nitrogens is 1. The molecule has 17 heavy (non-hydrogen) atoms. The summed E-state index contributed by atoms with van der Waals surface area (Å²) in [6, 6.07) is 13.5. The van der Waals surface area contributed by atoms with Gasteiger partial charge in [0.25, 0.3) is 0 Å². The Bertz CT molecular complexity index is 521. The first kappa shape index (κ1) is 11.2. The van der Waals surface area contributed by atoms with Crippen molar-refractivity contribution in [3.63, 3.8) is 0 Å². The van der Waals surface area contributed by atoms with Crippen LogP contribution in [0.15, 0.2) is 42.6 Å². The molecule has 0 spiro atoms. The highest BCUT2D eigenvalue weighted by atomic mass is 14.9. The molecule has 0 saturated carbocycles. The largest absolute Gasteiger partial charge is 0.379 e. The normalized spacial score (nSPS) is 9.65. The van der Waals surface area contributed by atoms with E-state index in [1.165, 1.54) is 0 Å². The molecule has 0 radical (unpaired) electrons. The van der Waals surface area contributed by atoms with Crippen molar-refractivity contribution >= 4 is 5.69 Å². The van der Waals surface area contributed by atoms with Gasteiger partial charge in [0.15, 0.2) is 0 Å². The predicted molar refractivity (Wildman–Crippen MR) is 67.5 cm³/mol. The molecule has 0 unspecified atom stereocenters. The number of aryl methyl sites for hydroxylation is 1. The van der Waals surface area contributed by atoms with Crippen molar-refractivity contribution in [3.8, 4) is 6.07 Å². The van der Waals surface area contributed by atoms with E-state index in [2.05, 4.69) is 16.4 Å². The highest BCUT2D eigenvalue weighted by molar-refractivity contribution is 5.47. The number of nitrogens with one attached hydrogen (secondary N) is 1. The van der Waals surface area contributed by atoms with Gasteiger partial charge in [-0.2, -0.15) is 5.26 Å². The van der Waals surface area contributed by atoms with E-state index in [-0.39, 0.29) is 0 Å². The summed E-state index contributed by atoms with van der Waals surface area (Å²) in [4.78, 5) is 4.31. The molecule has 0 amide bonds. The molecule has 1 N–H and O–H groups in total. The number of pyridine rings is 1. The van der Waals surface area contributed by atoms with E-state index in [0.29, 0.717) is 12.1 Å². The highest BCUT2D eigenvalue weighted by Crippen LogP contribution is 2.10. The van der Waals surface area contributed by atoms with Gasteiger partial charge < -0.3 is 5.32 Å². The number of nitriles is 1. The average molecular weight is 223 g/mol. The topological polar surface area (TPSA) is 48.7 Å². The number of rotatable bonds is 3. The Kier molecular flexibility index (Phi) is 3.37. The Hall–Kier alpha value is -2.34. The van der Waals surface area contributed by atoms with Crippen molar-refractivity contribution < 1.29 is 0 Å². The molecule has 1 aromatic carbocycles. The molecule has 3 nitrogen and oxygen atoms in total. The molecular formula is C14H13N3. The fourth-order valence-corrected chi connectivity index (χ4v) is 1.46. The Morgan fingerprint density at radius 3 is 2.53 bits per heavy atom. The first-order chi connectivity index (χ1) is 8.28. The summed E-state index contributed by atoms with van der Waals surface area (Å²) in [5.41, 5.74) is 3.82. The SMILES string of the molecule is Cc1ccc(CNc2ccc(C#N)cc2)nc1. The number of benzene rings is 1. The highest BCUT2D eigenvalue weighted by Gasteiger charge is 1.95. The molecule has 2 rings (SSSR count). The minimum Gasteiger partial charge on any atom is -0.379 e. The number of hydrogen-bond donors (Lipinski definition) is 1. The Morgan fingerprint density at radius 2 is 1.94 bits per heavy atom. The molecule has 0 fully saturated rings. The van der Waals surface area contributed by atoms with Crippen molar-refractivity contribution in [2.24, 2.45) is 0 Å². The summed E-state index contributed by atoms with van der Waals surface area (Å²) in [6.45, 7) is 2.71. The lowest BCUT2D eigenvalue weighted by molar-refractivity contribution is 1.04. The Morgan fingerprint density at radius 1 is 1.18 bits per heavy atom. The zero-order valence-electron chi connectivity index (χ0n) is 9.64.